The first-order valence-electron chi connectivity index (χ1n) is 7.11. The van der Waals surface area contributed by atoms with Gasteiger partial charge < -0.3 is 4.90 Å². The number of nitrogens with zero attached hydrogens (tertiary/aromatic N) is 2. The van der Waals surface area contributed by atoms with Gasteiger partial charge in [0, 0.05) is 35.2 Å². The summed E-state index contributed by atoms with van der Waals surface area (Å²) < 4.78 is 0. The molecule has 2 heterocycles. The fourth-order valence-electron chi connectivity index (χ4n) is 3.22. The van der Waals surface area contributed by atoms with E-state index in [-0.39, 0.29) is 0 Å². The molecule has 104 valence electrons. The SMILES string of the molecule is Clc1cc(N2CCC(N3CCCC3)C2)ccc1CBr. The third-order valence-corrected chi connectivity index (χ3v) is 5.32. The molecule has 4 heteroatoms. The van der Waals surface area contributed by atoms with Gasteiger partial charge in [0.15, 0.2) is 0 Å². The average Bonchev–Trinajstić information content (AvgIpc) is 3.09. The molecule has 0 amide bonds. The van der Waals surface area contributed by atoms with Gasteiger partial charge in [-0.1, -0.05) is 33.6 Å². The summed E-state index contributed by atoms with van der Waals surface area (Å²) in [6.45, 7) is 4.90. The molecule has 2 aliphatic heterocycles. The van der Waals surface area contributed by atoms with Crippen LogP contribution in [0.3, 0.4) is 0 Å². The Bertz CT molecular complexity index is 446. The summed E-state index contributed by atoms with van der Waals surface area (Å²) >= 11 is 9.77. The summed E-state index contributed by atoms with van der Waals surface area (Å²) in [7, 11) is 0. The monoisotopic (exact) mass is 342 g/mol. The van der Waals surface area contributed by atoms with Crippen LogP contribution >= 0.6 is 27.5 Å². The molecular formula is C15H20BrClN2. The number of hydrogen-bond donors (Lipinski definition) is 0. The summed E-state index contributed by atoms with van der Waals surface area (Å²) in [5, 5.41) is 1.70. The molecule has 0 bridgehead atoms. The van der Waals surface area contributed by atoms with Gasteiger partial charge in [0.2, 0.25) is 0 Å². The third kappa shape index (κ3) is 2.93. The standard InChI is InChI=1S/C15H20BrClN2/c16-10-12-3-4-13(9-15(12)17)19-8-5-14(11-19)18-6-1-2-7-18/h3-4,9,14H,1-2,5-8,10-11H2. The highest BCUT2D eigenvalue weighted by Gasteiger charge is 2.29. The molecular weight excluding hydrogens is 324 g/mol. The van der Waals surface area contributed by atoms with E-state index in [4.69, 9.17) is 11.6 Å². The summed E-state index contributed by atoms with van der Waals surface area (Å²) in [4.78, 5) is 5.14. The molecule has 2 aliphatic rings. The lowest BCUT2D eigenvalue weighted by Crippen LogP contribution is -2.35. The second-order valence-electron chi connectivity index (χ2n) is 5.54. The smallest absolute Gasteiger partial charge is 0.0467 e. The van der Waals surface area contributed by atoms with Gasteiger partial charge in [-0.2, -0.15) is 0 Å². The lowest BCUT2D eigenvalue weighted by Gasteiger charge is -2.24. The van der Waals surface area contributed by atoms with Crippen LogP contribution in [0.5, 0.6) is 0 Å². The number of alkyl halides is 1. The van der Waals surface area contributed by atoms with Gasteiger partial charge >= 0.3 is 0 Å². The second kappa shape index (κ2) is 6.02. The van der Waals surface area contributed by atoms with Gasteiger partial charge in [-0.15, -0.1) is 0 Å². The quantitative estimate of drug-likeness (QED) is 0.768. The van der Waals surface area contributed by atoms with Crippen LogP contribution in [0.1, 0.15) is 24.8 Å². The molecule has 0 N–H and O–H groups in total. The average molecular weight is 344 g/mol. The van der Waals surface area contributed by atoms with E-state index in [0.29, 0.717) is 0 Å². The molecule has 0 radical (unpaired) electrons. The zero-order chi connectivity index (χ0) is 13.2. The Balaban J connectivity index is 1.68. The number of hydrogen-bond acceptors (Lipinski definition) is 2. The highest BCUT2D eigenvalue weighted by Crippen LogP contribution is 2.29. The zero-order valence-corrected chi connectivity index (χ0v) is 13.5. The zero-order valence-electron chi connectivity index (χ0n) is 11.1. The van der Waals surface area contributed by atoms with Gasteiger partial charge in [-0.3, -0.25) is 4.90 Å². The minimum atomic E-state index is 0.747. The molecule has 1 unspecified atom stereocenters. The minimum absolute atomic E-state index is 0.747. The second-order valence-corrected chi connectivity index (χ2v) is 6.51. The predicted molar refractivity (Wildman–Crippen MR) is 85.5 cm³/mol. The van der Waals surface area contributed by atoms with E-state index in [1.165, 1.54) is 43.6 Å². The maximum absolute atomic E-state index is 6.30. The fourth-order valence-corrected chi connectivity index (χ4v) is 4.11. The molecule has 2 fully saturated rings. The topological polar surface area (TPSA) is 6.48 Å². The van der Waals surface area contributed by atoms with Crippen LogP contribution in [0.15, 0.2) is 18.2 Å². The van der Waals surface area contributed by atoms with Crippen LogP contribution in [0.4, 0.5) is 5.69 Å². The van der Waals surface area contributed by atoms with Crippen LogP contribution < -0.4 is 4.90 Å². The van der Waals surface area contributed by atoms with Crippen molar-refractivity contribution in [1.29, 1.82) is 0 Å². The maximum Gasteiger partial charge on any atom is 0.0467 e. The first-order valence-corrected chi connectivity index (χ1v) is 8.61. The Morgan fingerprint density at radius 1 is 1.21 bits per heavy atom. The molecule has 2 nitrogen and oxygen atoms in total. The number of likely N-dealkylation sites (tertiary alicyclic amines) is 1. The summed E-state index contributed by atoms with van der Waals surface area (Å²) in [6.07, 6.45) is 4.04. The van der Waals surface area contributed by atoms with E-state index in [9.17, 15) is 0 Å². The Morgan fingerprint density at radius 2 is 2.00 bits per heavy atom. The van der Waals surface area contributed by atoms with Crippen LogP contribution in [-0.4, -0.2) is 37.1 Å². The van der Waals surface area contributed by atoms with Gasteiger partial charge in [0.1, 0.15) is 0 Å². The maximum atomic E-state index is 6.30. The van der Waals surface area contributed by atoms with E-state index < -0.39 is 0 Å². The highest BCUT2D eigenvalue weighted by molar-refractivity contribution is 9.08. The molecule has 3 rings (SSSR count). The lowest BCUT2D eigenvalue weighted by atomic mass is 10.2. The normalized spacial score (nSPS) is 24.3. The van der Waals surface area contributed by atoms with Crippen molar-refractivity contribution in [1.82, 2.24) is 4.90 Å². The Hall–Kier alpha value is -0.250. The van der Waals surface area contributed by atoms with Crippen molar-refractivity contribution in [3.63, 3.8) is 0 Å². The van der Waals surface area contributed by atoms with Gasteiger partial charge in [-0.25, -0.2) is 0 Å². The van der Waals surface area contributed by atoms with E-state index in [1.807, 2.05) is 0 Å². The van der Waals surface area contributed by atoms with Crippen LogP contribution in [0.2, 0.25) is 5.02 Å². The van der Waals surface area contributed by atoms with Gasteiger partial charge in [0.05, 0.1) is 0 Å². The number of benzene rings is 1. The molecule has 0 spiro atoms. The Morgan fingerprint density at radius 3 is 2.68 bits per heavy atom. The molecule has 0 saturated carbocycles. The number of rotatable bonds is 3. The van der Waals surface area contributed by atoms with Crippen molar-refractivity contribution < 1.29 is 0 Å². The molecule has 0 aromatic heterocycles. The van der Waals surface area contributed by atoms with E-state index >= 15 is 0 Å². The Labute approximate surface area is 128 Å². The first-order chi connectivity index (χ1) is 9.28. The predicted octanol–water partition coefficient (Wildman–Crippen LogP) is 3.91. The Kier molecular flexibility index (Phi) is 4.35. The van der Waals surface area contributed by atoms with Crippen molar-refractivity contribution in [3.8, 4) is 0 Å². The van der Waals surface area contributed by atoms with Crippen LogP contribution in [0.25, 0.3) is 0 Å². The first kappa shape index (κ1) is 13.7. The van der Waals surface area contributed by atoms with Gasteiger partial charge in [0.25, 0.3) is 0 Å². The van der Waals surface area contributed by atoms with Crippen LogP contribution in [-0.2, 0) is 5.33 Å². The van der Waals surface area contributed by atoms with Crippen molar-refractivity contribution in [2.24, 2.45) is 0 Å². The minimum Gasteiger partial charge on any atom is -0.370 e. The number of halogens is 2. The molecule has 2 saturated heterocycles. The van der Waals surface area contributed by atoms with Crippen molar-refractivity contribution in [3.05, 3.63) is 28.8 Å². The molecule has 0 aliphatic carbocycles. The lowest BCUT2D eigenvalue weighted by molar-refractivity contribution is 0.260. The molecule has 1 aromatic rings. The largest absolute Gasteiger partial charge is 0.370 e. The van der Waals surface area contributed by atoms with Gasteiger partial charge in [-0.05, 0) is 50.0 Å². The molecule has 19 heavy (non-hydrogen) atoms. The molecule has 1 aromatic carbocycles. The summed E-state index contributed by atoms with van der Waals surface area (Å²) in [5.41, 5.74) is 2.44. The van der Waals surface area contributed by atoms with Crippen molar-refractivity contribution in [2.75, 3.05) is 31.1 Å². The summed E-state index contributed by atoms with van der Waals surface area (Å²) in [6, 6.07) is 7.20. The van der Waals surface area contributed by atoms with Crippen molar-refractivity contribution in [2.45, 2.75) is 30.6 Å². The van der Waals surface area contributed by atoms with Crippen molar-refractivity contribution >= 4 is 33.2 Å². The molecule has 1 atom stereocenters. The summed E-state index contributed by atoms with van der Waals surface area (Å²) in [5.74, 6) is 0. The fraction of sp³-hybridized carbons (Fsp3) is 0.600. The van der Waals surface area contributed by atoms with E-state index in [1.54, 1.807) is 0 Å². The third-order valence-electron chi connectivity index (χ3n) is 4.37. The van der Waals surface area contributed by atoms with Crippen LogP contribution in [0, 0.1) is 0 Å². The highest BCUT2D eigenvalue weighted by atomic mass is 79.9. The number of anilines is 1. The van der Waals surface area contributed by atoms with E-state index in [0.717, 1.165) is 29.5 Å². The van der Waals surface area contributed by atoms with E-state index in [2.05, 4.69) is 43.9 Å².